The normalized spacial score (nSPS) is 11.8. The van der Waals surface area contributed by atoms with E-state index in [0.717, 1.165) is 18.7 Å². The Bertz CT molecular complexity index is 697. The molecule has 0 spiro atoms. The first-order chi connectivity index (χ1) is 11.0. The number of nitrogens with zero attached hydrogens (tertiary/aromatic N) is 1. The molecule has 0 aliphatic heterocycles. The van der Waals surface area contributed by atoms with Crippen LogP contribution in [0.5, 0.6) is 0 Å². The number of hydrogen-bond acceptors (Lipinski definition) is 4. The van der Waals surface area contributed by atoms with E-state index >= 15 is 0 Å². The standard InChI is InChI=1S/C18H23NO3S/c1-16-9-11-18(12-10-16)23(20,21)22-14-6-13-19(2)15-17-7-4-3-5-8-17/h3-5,7-12H,6,13-15H2,1-2H3. The first kappa shape index (κ1) is 17.7. The van der Waals surface area contributed by atoms with Crippen molar-refractivity contribution in [3.63, 3.8) is 0 Å². The molecule has 0 heterocycles. The van der Waals surface area contributed by atoms with Gasteiger partial charge in [-0.05, 0) is 38.1 Å². The van der Waals surface area contributed by atoms with Gasteiger partial charge in [0, 0.05) is 13.1 Å². The minimum absolute atomic E-state index is 0.190. The van der Waals surface area contributed by atoms with E-state index in [1.165, 1.54) is 5.56 Å². The molecule has 0 atom stereocenters. The van der Waals surface area contributed by atoms with Crippen molar-refractivity contribution in [3.05, 3.63) is 65.7 Å². The molecule has 2 rings (SSSR count). The molecule has 4 nitrogen and oxygen atoms in total. The van der Waals surface area contributed by atoms with Gasteiger partial charge in [0.1, 0.15) is 0 Å². The molecule has 0 radical (unpaired) electrons. The van der Waals surface area contributed by atoms with Gasteiger partial charge in [-0.15, -0.1) is 0 Å². The van der Waals surface area contributed by atoms with Crippen molar-refractivity contribution < 1.29 is 12.6 Å². The molecule has 0 saturated carbocycles. The Balaban J connectivity index is 1.75. The highest BCUT2D eigenvalue weighted by molar-refractivity contribution is 7.86. The van der Waals surface area contributed by atoms with Crippen LogP contribution in [0.4, 0.5) is 0 Å². The lowest BCUT2D eigenvalue weighted by atomic mass is 10.2. The maximum Gasteiger partial charge on any atom is 0.296 e. The summed E-state index contributed by atoms with van der Waals surface area (Å²) in [6.07, 6.45) is 0.661. The summed E-state index contributed by atoms with van der Waals surface area (Å²) in [5.74, 6) is 0. The van der Waals surface area contributed by atoms with E-state index in [1.54, 1.807) is 24.3 Å². The second kappa shape index (κ2) is 8.24. The Hall–Kier alpha value is -1.69. The zero-order chi connectivity index (χ0) is 16.7. The molecule has 0 fully saturated rings. The zero-order valence-electron chi connectivity index (χ0n) is 13.6. The minimum Gasteiger partial charge on any atom is -0.302 e. The molecule has 124 valence electrons. The van der Waals surface area contributed by atoms with Crippen LogP contribution in [0.25, 0.3) is 0 Å². The zero-order valence-corrected chi connectivity index (χ0v) is 14.4. The van der Waals surface area contributed by atoms with E-state index in [2.05, 4.69) is 17.0 Å². The maximum absolute atomic E-state index is 12.0. The third-order valence-corrected chi connectivity index (χ3v) is 4.85. The largest absolute Gasteiger partial charge is 0.302 e. The Morgan fingerprint density at radius 1 is 1.00 bits per heavy atom. The van der Waals surface area contributed by atoms with Crippen molar-refractivity contribution in [2.75, 3.05) is 20.2 Å². The van der Waals surface area contributed by atoms with Crippen molar-refractivity contribution in [2.45, 2.75) is 24.8 Å². The van der Waals surface area contributed by atoms with Crippen molar-refractivity contribution in [1.29, 1.82) is 0 Å². The highest BCUT2D eigenvalue weighted by atomic mass is 32.2. The molecule has 0 unspecified atom stereocenters. The molecule has 0 aromatic heterocycles. The van der Waals surface area contributed by atoms with Gasteiger partial charge in [-0.3, -0.25) is 4.18 Å². The molecule has 0 saturated heterocycles. The number of rotatable bonds is 8. The summed E-state index contributed by atoms with van der Waals surface area (Å²) in [5.41, 5.74) is 2.26. The van der Waals surface area contributed by atoms with Crippen molar-refractivity contribution in [2.24, 2.45) is 0 Å². The van der Waals surface area contributed by atoms with Crippen LogP contribution in [0.1, 0.15) is 17.5 Å². The third kappa shape index (κ3) is 5.78. The van der Waals surface area contributed by atoms with E-state index in [1.807, 2.05) is 32.2 Å². The summed E-state index contributed by atoms with van der Waals surface area (Å²) in [7, 11) is -1.64. The third-order valence-electron chi connectivity index (χ3n) is 3.53. The molecule has 2 aromatic carbocycles. The van der Waals surface area contributed by atoms with Gasteiger partial charge in [-0.1, -0.05) is 48.0 Å². The van der Waals surface area contributed by atoms with Gasteiger partial charge in [0.05, 0.1) is 11.5 Å². The second-order valence-electron chi connectivity index (χ2n) is 5.67. The Morgan fingerprint density at radius 3 is 2.30 bits per heavy atom. The SMILES string of the molecule is Cc1ccc(S(=O)(=O)OCCCN(C)Cc2ccccc2)cc1. The minimum atomic E-state index is -3.65. The Kier molecular flexibility index (Phi) is 6.33. The summed E-state index contributed by atoms with van der Waals surface area (Å²) in [5, 5.41) is 0. The van der Waals surface area contributed by atoms with Gasteiger partial charge in [0.25, 0.3) is 10.1 Å². The lowest BCUT2D eigenvalue weighted by Gasteiger charge is -2.16. The fraction of sp³-hybridized carbons (Fsp3) is 0.333. The predicted octanol–water partition coefficient (Wildman–Crippen LogP) is 3.22. The quantitative estimate of drug-likeness (QED) is 0.550. The topological polar surface area (TPSA) is 46.6 Å². The van der Waals surface area contributed by atoms with Crippen LogP contribution in [0.3, 0.4) is 0 Å². The lowest BCUT2D eigenvalue weighted by Crippen LogP contribution is -2.21. The highest BCUT2D eigenvalue weighted by Gasteiger charge is 2.14. The fourth-order valence-electron chi connectivity index (χ4n) is 2.25. The van der Waals surface area contributed by atoms with Gasteiger partial charge < -0.3 is 4.90 Å². The number of aryl methyl sites for hydroxylation is 1. The first-order valence-corrected chi connectivity index (χ1v) is 9.07. The van der Waals surface area contributed by atoms with Gasteiger partial charge in [-0.25, -0.2) is 0 Å². The molecular weight excluding hydrogens is 310 g/mol. The highest BCUT2D eigenvalue weighted by Crippen LogP contribution is 2.13. The van der Waals surface area contributed by atoms with Gasteiger partial charge in [0.2, 0.25) is 0 Å². The molecule has 0 bridgehead atoms. The Morgan fingerprint density at radius 2 is 1.65 bits per heavy atom. The average molecular weight is 333 g/mol. The van der Waals surface area contributed by atoms with E-state index in [9.17, 15) is 8.42 Å². The van der Waals surface area contributed by atoms with Gasteiger partial charge in [0.15, 0.2) is 0 Å². The van der Waals surface area contributed by atoms with Gasteiger partial charge >= 0.3 is 0 Å². The molecule has 0 aliphatic rings. The summed E-state index contributed by atoms with van der Waals surface area (Å²) in [6, 6.07) is 16.9. The molecule has 5 heteroatoms. The first-order valence-electron chi connectivity index (χ1n) is 7.66. The van der Waals surface area contributed by atoms with Crippen LogP contribution >= 0.6 is 0 Å². The molecule has 0 N–H and O–H groups in total. The molecular formula is C18H23NO3S. The van der Waals surface area contributed by atoms with Crippen LogP contribution < -0.4 is 0 Å². The maximum atomic E-state index is 12.0. The van der Waals surface area contributed by atoms with E-state index in [4.69, 9.17) is 4.18 Å². The monoisotopic (exact) mass is 333 g/mol. The summed E-state index contributed by atoms with van der Waals surface area (Å²) < 4.78 is 29.2. The van der Waals surface area contributed by atoms with Crippen LogP contribution in [-0.4, -0.2) is 33.5 Å². The van der Waals surface area contributed by atoms with Crippen LogP contribution in [-0.2, 0) is 20.8 Å². The number of hydrogen-bond donors (Lipinski definition) is 0. The molecule has 0 amide bonds. The average Bonchev–Trinajstić information content (AvgIpc) is 2.53. The molecule has 2 aromatic rings. The predicted molar refractivity (Wildman–Crippen MR) is 91.7 cm³/mol. The van der Waals surface area contributed by atoms with Gasteiger partial charge in [-0.2, -0.15) is 8.42 Å². The molecule has 23 heavy (non-hydrogen) atoms. The second-order valence-corrected chi connectivity index (χ2v) is 7.28. The van der Waals surface area contributed by atoms with Crippen LogP contribution in [0.15, 0.2) is 59.5 Å². The van der Waals surface area contributed by atoms with E-state index < -0.39 is 10.1 Å². The van der Waals surface area contributed by atoms with E-state index in [-0.39, 0.29) is 11.5 Å². The molecule has 0 aliphatic carbocycles. The lowest BCUT2D eigenvalue weighted by molar-refractivity contribution is 0.261. The smallest absolute Gasteiger partial charge is 0.296 e. The van der Waals surface area contributed by atoms with Crippen LogP contribution in [0.2, 0.25) is 0 Å². The summed E-state index contributed by atoms with van der Waals surface area (Å²) in [4.78, 5) is 2.36. The summed E-state index contributed by atoms with van der Waals surface area (Å²) >= 11 is 0. The van der Waals surface area contributed by atoms with Crippen LogP contribution in [0, 0.1) is 6.92 Å². The van der Waals surface area contributed by atoms with Crippen molar-refractivity contribution in [1.82, 2.24) is 4.90 Å². The number of benzene rings is 2. The Labute approximate surface area is 138 Å². The van der Waals surface area contributed by atoms with E-state index in [0.29, 0.717) is 6.42 Å². The van der Waals surface area contributed by atoms with Crippen molar-refractivity contribution >= 4 is 10.1 Å². The fourth-order valence-corrected chi connectivity index (χ4v) is 3.19. The van der Waals surface area contributed by atoms with Crippen molar-refractivity contribution in [3.8, 4) is 0 Å². The summed E-state index contributed by atoms with van der Waals surface area (Å²) in [6.45, 7) is 3.72.